The second kappa shape index (κ2) is 46.6. The van der Waals surface area contributed by atoms with Crippen LogP contribution >= 0.6 is 7.82 Å². The van der Waals surface area contributed by atoms with Gasteiger partial charge in [0.25, 0.3) is 7.82 Å². The molecule has 0 aromatic carbocycles. The first-order valence-electron chi connectivity index (χ1n) is 27.9. The summed E-state index contributed by atoms with van der Waals surface area (Å²) in [7, 11) is -5.18. The molecule has 0 saturated heterocycles. The third-order valence-corrected chi connectivity index (χ3v) is 12.1. The van der Waals surface area contributed by atoms with E-state index in [2.05, 4.69) is 24.5 Å². The first-order valence-corrected chi connectivity index (χ1v) is 29.3. The van der Waals surface area contributed by atoms with Crippen LogP contribution in [0.2, 0.25) is 0 Å². The molecule has 2 amide bonds. The van der Waals surface area contributed by atoms with Crippen molar-refractivity contribution >= 4 is 43.9 Å². The van der Waals surface area contributed by atoms with Gasteiger partial charge in [-0.1, -0.05) is 142 Å². The number of carbonyl (C=O) groups excluding carboxylic acids is 6. The molecule has 0 aromatic rings. The van der Waals surface area contributed by atoms with Crippen molar-refractivity contribution < 1.29 is 105 Å². The predicted molar refractivity (Wildman–Crippen MR) is 280 cm³/mol. The van der Waals surface area contributed by atoms with E-state index >= 15 is 0 Å². The number of carbonyl (C=O) groups is 6. The first kappa shape index (κ1) is 73.6. The van der Waals surface area contributed by atoms with E-state index in [1.54, 1.807) is 41.5 Å². The van der Waals surface area contributed by atoms with Crippen LogP contribution in [0.5, 0.6) is 0 Å². The molecule has 2 unspecified atom stereocenters. The van der Waals surface area contributed by atoms with Gasteiger partial charge < -0.3 is 53.0 Å². The van der Waals surface area contributed by atoms with Crippen LogP contribution in [0.4, 0.5) is 9.59 Å². The van der Waals surface area contributed by atoms with Gasteiger partial charge in [0, 0.05) is 38.8 Å². The molecule has 0 aliphatic rings. The summed E-state index contributed by atoms with van der Waals surface area (Å²) in [4.78, 5) is 88.1. The molecule has 0 heterocycles. The molecule has 428 valence electrons. The Hall–Kier alpha value is -2.47. The average Bonchev–Trinajstić information content (AvgIpc) is 3.30. The van der Waals surface area contributed by atoms with Crippen LogP contribution in [-0.2, 0) is 61.2 Å². The van der Waals surface area contributed by atoms with E-state index in [1.165, 1.54) is 83.5 Å². The van der Waals surface area contributed by atoms with Gasteiger partial charge in [-0.15, -0.1) is 0 Å². The molecule has 2 N–H and O–H groups in total. The third kappa shape index (κ3) is 51.6. The number of phosphoric ester groups is 1. The van der Waals surface area contributed by atoms with Gasteiger partial charge in [0.1, 0.15) is 24.4 Å². The van der Waals surface area contributed by atoms with Crippen molar-refractivity contribution in [3.63, 3.8) is 0 Å². The maximum Gasteiger partial charge on any atom is 1.00 e. The summed E-state index contributed by atoms with van der Waals surface area (Å²) >= 11 is 0. The van der Waals surface area contributed by atoms with Gasteiger partial charge in [0.15, 0.2) is 12.2 Å². The summed E-state index contributed by atoms with van der Waals surface area (Å²) in [6, 6.07) is 0. The van der Waals surface area contributed by atoms with Crippen molar-refractivity contribution in [3.05, 3.63) is 0 Å². The molecular weight excluding hydrogens is 987 g/mol. The minimum absolute atomic E-state index is 0. The van der Waals surface area contributed by atoms with E-state index in [0.29, 0.717) is 38.5 Å². The summed E-state index contributed by atoms with van der Waals surface area (Å²) in [5, 5.41) is 5.21. The molecule has 0 fully saturated rings. The standard InChI is InChI=1S/C54H101N2O16P.Na/c1-9-11-13-15-17-19-21-23-25-27-29-35-47(57)65-41-45(69-49(59)37-30-28-26-24-22-20-18-16-14-12-10-2)43-67-73(63,64)68-44-46(70-50(60)38-32-34-40-56-52(62)72-54(6,7)8)42-66-48(58)36-31-33-39-55-51(61)71-53(3,4)5;/h45-46H,9-44H2,1-8H3,(H,55,61)(H,56,62)(H,63,64);/q;+1/p-1/t45-,46?;/m1./s1. The van der Waals surface area contributed by atoms with Gasteiger partial charge in [-0.25, -0.2) is 9.59 Å². The minimum Gasteiger partial charge on any atom is -0.756 e. The number of hydrogen-bond acceptors (Lipinski definition) is 16. The van der Waals surface area contributed by atoms with Crippen molar-refractivity contribution in [2.45, 2.75) is 271 Å². The molecule has 18 nitrogen and oxygen atoms in total. The molecule has 0 spiro atoms. The van der Waals surface area contributed by atoms with E-state index in [1.807, 2.05) is 0 Å². The van der Waals surface area contributed by atoms with Crippen LogP contribution in [-0.4, -0.2) is 99.0 Å². The normalized spacial score (nSPS) is 13.1. The fourth-order valence-corrected chi connectivity index (χ4v) is 8.06. The number of ether oxygens (including phenoxy) is 6. The Morgan fingerprint density at radius 1 is 0.419 bits per heavy atom. The quantitative estimate of drug-likeness (QED) is 0.0190. The predicted octanol–water partition coefficient (Wildman–Crippen LogP) is 9.19. The summed E-state index contributed by atoms with van der Waals surface area (Å²) < 4.78 is 55.5. The number of alkyl carbamates (subject to hydrolysis) is 2. The van der Waals surface area contributed by atoms with Gasteiger partial charge in [0.2, 0.25) is 0 Å². The number of hydrogen-bond donors (Lipinski definition) is 2. The SMILES string of the molecule is CCCCCCCCCCCCCC(=O)OC[C@H](COP(=O)([O-])OCC(COC(=O)CCCCNC(=O)OC(C)(C)C)OC(=O)CCCCNC(=O)OC(C)(C)C)OC(=O)CCCCCCCCCCCCC.[Na+]. The van der Waals surface area contributed by atoms with Gasteiger partial charge in [-0.05, 0) is 80.1 Å². The van der Waals surface area contributed by atoms with Gasteiger partial charge in [-0.2, -0.15) is 0 Å². The maximum atomic E-state index is 13.1. The summed E-state index contributed by atoms with van der Waals surface area (Å²) in [5.74, 6) is -2.48. The van der Waals surface area contributed by atoms with Crippen LogP contribution in [0.15, 0.2) is 0 Å². The van der Waals surface area contributed by atoms with Crippen LogP contribution < -0.4 is 45.1 Å². The van der Waals surface area contributed by atoms with Crippen molar-refractivity contribution in [1.29, 1.82) is 0 Å². The maximum absolute atomic E-state index is 13.1. The zero-order chi connectivity index (χ0) is 54.6. The smallest absolute Gasteiger partial charge is 0.756 e. The van der Waals surface area contributed by atoms with Crippen LogP contribution in [0.1, 0.15) is 248 Å². The number of amides is 2. The number of phosphoric acid groups is 1. The first-order chi connectivity index (χ1) is 34.6. The second-order valence-electron chi connectivity index (χ2n) is 21.0. The molecular formula is C54H100N2NaO16P. The Morgan fingerprint density at radius 2 is 0.689 bits per heavy atom. The van der Waals surface area contributed by atoms with E-state index < -0.39 is 93.7 Å². The second-order valence-corrected chi connectivity index (χ2v) is 22.4. The Balaban J connectivity index is 0. The Kier molecular flexibility index (Phi) is 46.4. The zero-order valence-electron chi connectivity index (χ0n) is 47.6. The largest absolute Gasteiger partial charge is 1.00 e. The Labute approximate surface area is 468 Å². The molecule has 0 rings (SSSR count). The molecule has 0 radical (unpaired) electrons. The van der Waals surface area contributed by atoms with Crippen LogP contribution in [0, 0.1) is 0 Å². The van der Waals surface area contributed by atoms with E-state index in [-0.39, 0.29) is 68.3 Å². The summed E-state index contributed by atoms with van der Waals surface area (Å²) in [6.07, 6.45) is 22.3. The van der Waals surface area contributed by atoms with E-state index in [9.17, 15) is 38.2 Å². The number of nitrogens with one attached hydrogen (secondary N) is 2. The number of rotatable bonds is 46. The van der Waals surface area contributed by atoms with E-state index in [0.717, 1.165) is 44.9 Å². The van der Waals surface area contributed by atoms with Gasteiger partial charge in [-0.3, -0.25) is 23.7 Å². The van der Waals surface area contributed by atoms with Crippen molar-refractivity contribution in [2.24, 2.45) is 0 Å². The van der Waals surface area contributed by atoms with Crippen molar-refractivity contribution in [3.8, 4) is 0 Å². The molecule has 3 atom stereocenters. The molecule has 0 aliphatic carbocycles. The van der Waals surface area contributed by atoms with E-state index in [4.69, 9.17) is 37.5 Å². The van der Waals surface area contributed by atoms with Gasteiger partial charge in [0.05, 0.1) is 13.2 Å². The number of unbranched alkanes of at least 4 members (excludes halogenated alkanes) is 22. The molecule has 0 aromatic heterocycles. The molecule has 0 aliphatic heterocycles. The van der Waals surface area contributed by atoms with Crippen LogP contribution in [0.3, 0.4) is 0 Å². The van der Waals surface area contributed by atoms with Crippen LogP contribution in [0.25, 0.3) is 0 Å². The average molecular weight is 1090 g/mol. The van der Waals surface area contributed by atoms with Crippen molar-refractivity contribution in [2.75, 3.05) is 39.5 Å². The zero-order valence-corrected chi connectivity index (χ0v) is 50.5. The summed E-state index contributed by atoms with van der Waals surface area (Å²) in [6.45, 7) is 12.9. The fourth-order valence-electron chi connectivity index (χ4n) is 7.29. The molecule has 20 heteroatoms. The Bertz CT molecular complexity index is 1530. The number of esters is 4. The molecule has 0 saturated carbocycles. The topological polar surface area (TPSA) is 240 Å². The van der Waals surface area contributed by atoms with Crippen molar-refractivity contribution in [1.82, 2.24) is 10.6 Å². The summed E-state index contributed by atoms with van der Waals surface area (Å²) in [5.41, 5.74) is -1.33. The van der Waals surface area contributed by atoms with Gasteiger partial charge >= 0.3 is 65.6 Å². The molecule has 0 bridgehead atoms. The minimum atomic E-state index is -5.18. The third-order valence-electron chi connectivity index (χ3n) is 11.2. The Morgan fingerprint density at radius 3 is 0.986 bits per heavy atom. The fraction of sp³-hybridized carbons (Fsp3) is 0.889. The molecule has 74 heavy (non-hydrogen) atoms. The monoisotopic (exact) mass is 1090 g/mol.